The fraction of sp³-hybridized carbons (Fsp3) is 0.214. The first-order valence-electron chi connectivity index (χ1n) is 6.15. The highest BCUT2D eigenvalue weighted by atomic mass is 35.5. The van der Waals surface area contributed by atoms with Gasteiger partial charge in [-0.05, 0) is 42.3 Å². The van der Waals surface area contributed by atoms with Crippen LogP contribution in [0.5, 0.6) is 5.75 Å². The van der Waals surface area contributed by atoms with Crippen LogP contribution in [0.1, 0.15) is 28.8 Å². The van der Waals surface area contributed by atoms with Gasteiger partial charge in [0.1, 0.15) is 18.1 Å². The van der Waals surface area contributed by atoms with E-state index in [1.54, 1.807) is 24.3 Å². The SMILES string of the molecule is CCc1cc(OCc2ccc(C(=O)NN)o2)ccc1Cl. The molecule has 1 amide bonds. The van der Waals surface area contributed by atoms with E-state index in [0.717, 1.165) is 17.0 Å². The van der Waals surface area contributed by atoms with Crippen molar-refractivity contribution in [3.8, 4) is 5.75 Å². The number of nitrogens with two attached hydrogens (primary N) is 1. The predicted molar refractivity (Wildman–Crippen MR) is 75.5 cm³/mol. The lowest BCUT2D eigenvalue weighted by molar-refractivity contribution is 0.0922. The molecule has 1 aromatic carbocycles. The average molecular weight is 295 g/mol. The van der Waals surface area contributed by atoms with Crippen molar-refractivity contribution in [3.63, 3.8) is 0 Å². The van der Waals surface area contributed by atoms with Crippen molar-refractivity contribution in [2.24, 2.45) is 5.84 Å². The Morgan fingerprint density at radius 1 is 1.40 bits per heavy atom. The second kappa shape index (κ2) is 6.45. The van der Waals surface area contributed by atoms with Gasteiger partial charge in [0.25, 0.3) is 0 Å². The highest BCUT2D eigenvalue weighted by molar-refractivity contribution is 6.31. The second-order valence-electron chi connectivity index (χ2n) is 4.13. The maximum Gasteiger partial charge on any atom is 0.300 e. The molecule has 0 atom stereocenters. The lowest BCUT2D eigenvalue weighted by Crippen LogP contribution is -2.29. The minimum absolute atomic E-state index is 0.149. The van der Waals surface area contributed by atoms with Crippen molar-refractivity contribution in [3.05, 3.63) is 52.4 Å². The number of benzene rings is 1. The molecule has 6 heteroatoms. The summed E-state index contributed by atoms with van der Waals surface area (Å²) < 4.78 is 10.9. The standard InChI is InChI=1S/C14H15ClN2O3/c1-2-9-7-10(3-5-12(9)15)19-8-11-4-6-13(20-11)14(18)17-16/h3-7H,2,8,16H2,1H3,(H,17,18). The van der Waals surface area contributed by atoms with Gasteiger partial charge in [0.2, 0.25) is 0 Å². The smallest absolute Gasteiger partial charge is 0.300 e. The van der Waals surface area contributed by atoms with E-state index in [0.29, 0.717) is 11.5 Å². The third-order valence-electron chi connectivity index (χ3n) is 2.80. The van der Waals surface area contributed by atoms with E-state index in [9.17, 15) is 4.79 Å². The van der Waals surface area contributed by atoms with Crippen molar-refractivity contribution < 1.29 is 13.9 Å². The number of hydrogen-bond donors (Lipinski definition) is 2. The number of ether oxygens (including phenoxy) is 1. The summed E-state index contributed by atoms with van der Waals surface area (Å²) in [5.74, 6) is 5.93. The molecule has 5 nitrogen and oxygen atoms in total. The fourth-order valence-electron chi connectivity index (χ4n) is 1.71. The lowest BCUT2D eigenvalue weighted by Gasteiger charge is -2.07. The molecular weight excluding hydrogens is 280 g/mol. The monoisotopic (exact) mass is 294 g/mol. The molecule has 0 aliphatic heterocycles. The number of carbonyl (C=O) groups is 1. The second-order valence-corrected chi connectivity index (χ2v) is 4.54. The third kappa shape index (κ3) is 3.31. The summed E-state index contributed by atoms with van der Waals surface area (Å²) in [7, 11) is 0. The Labute approximate surface area is 121 Å². The molecule has 0 aliphatic carbocycles. The van der Waals surface area contributed by atoms with Crippen molar-refractivity contribution in [1.29, 1.82) is 0 Å². The van der Waals surface area contributed by atoms with Gasteiger partial charge in [0.15, 0.2) is 5.76 Å². The summed E-state index contributed by atoms with van der Waals surface area (Å²) in [5.41, 5.74) is 3.02. The number of carbonyl (C=O) groups excluding carboxylic acids is 1. The van der Waals surface area contributed by atoms with Gasteiger partial charge in [-0.1, -0.05) is 18.5 Å². The molecule has 2 aromatic rings. The van der Waals surface area contributed by atoms with Crippen molar-refractivity contribution in [1.82, 2.24) is 5.43 Å². The summed E-state index contributed by atoms with van der Waals surface area (Å²) >= 11 is 6.04. The Bertz CT molecular complexity index is 610. The average Bonchev–Trinajstić information content (AvgIpc) is 2.94. The van der Waals surface area contributed by atoms with Crippen LogP contribution in [0.4, 0.5) is 0 Å². The van der Waals surface area contributed by atoms with Gasteiger partial charge in [-0.25, -0.2) is 5.84 Å². The largest absolute Gasteiger partial charge is 0.486 e. The molecule has 0 bridgehead atoms. The van der Waals surface area contributed by atoms with E-state index in [2.05, 4.69) is 0 Å². The molecular formula is C14H15ClN2O3. The number of rotatable bonds is 5. The maximum absolute atomic E-state index is 11.2. The molecule has 0 fully saturated rings. The number of furan rings is 1. The zero-order chi connectivity index (χ0) is 14.5. The van der Waals surface area contributed by atoms with Crippen LogP contribution in [-0.4, -0.2) is 5.91 Å². The van der Waals surface area contributed by atoms with Crippen LogP contribution in [0.3, 0.4) is 0 Å². The molecule has 20 heavy (non-hydrogen) atoms. The maximum atomic E-state index is 11.2. The van der Waals surface area contributed by atoms with Crippen molar-refractivity contribution >= 4 is 17.5 Å². The van der Waals surface area contributed by atoms with Crippen LogP contribution in [0.2, 0.25) is 5.02 Å². The summed E-state index contributed by atoms with van der Waals surface area (Å²) in [6.45, 7) is 2.25. The van der Waals surface area contributed by atoms with Crippen LogP contribution < -0.4 is 16.0 Å². The number of halogens is 1. The van der Waals surface area contributed by atoms with E-state index < -0.39 is 5.91 Å². The Morgan fingerprint density at radius 3 is 2.90 bits per heavy atom. The molecule has 2 rings (SSSR count). The van der Waals surface area contributed by atoms with Crippen molar-refractivity contribution in [2.75, 3.05) is 0 Å². The Morgan fingerprint density at radius 2 is 2.20 bits per heavy atom. The summed E-state index contributed by atoms with van der Waals surface area (Å²) in [4.78, 5) is 11.2. The molecule has 0 aliphatic rings. The molecule has 0 unspecified atom stereocenters. The van der Waals surface area contributed by atoms with Crippen LogP contribution in [0.15, 0.2) is 34.7 Å². The zero-order valence-electron chi connectivity index (χ0n) is 11.0. The van der Waals surface area contributed by atoms with Gasteiger partial charge < -0.3 is 9.15 Å². The molecule has 0 saturated carbocycles. The summed E-state index contributed by atoms with van der Waals surface area (Å²) in [6.07, 6.45) is 0.831. The first-order chi connectivity index (χ1) is 9.63. The van der Waals surface area contributed by atoms with Gasteiger partial charge >= 0.3 is 5.91 Å². The quantitative estimate of drug-likeness (QED) is 0.505. The normalized spacial score (nSPS) is 10.3. The Hall–Kier alpha value is -1.98. The van der Waals surface area contributed by atoms with E-state index in [1.165, 1.54) is 0 Å². The van der Waals surface area contributed by atoms with Crippen molar-refractivity contribution in [2.45, 2.75) is 20.0 Å². The number of amides is 1. The van der Waals surface area contributed by atoms with Gasteiger partial charge in [-0.3, -0.25) is 10.2 Å². The van der Waals surface area contributed by atoms with E-state index in [1.807, 2.05) is 18.4 Å². The van der Waals surface area contributed by atoms with Gasteiger partial charge in [-0.15, -0.1) is 0 Å². The molecule has 0 spiro atoms. The first-order valence-corrected chi connectivity index (χ1v) is 6.52. The Kier molecular flexibility index (Phi) is 4.65. The van der Waals surface area contributed by atoms with Gasteiger partial charge in [0.05, 0.1) is 0 Å². The number of hydrazine groups is 1. The number of aryl methyl sites for hydroxylation is 1. The molecule has 0 saturated heterocycles. The predicted octanol–water partition coefficient (Wildman–Crippen LogP) is 2.68. The molecule has 1 aromatic heterocycles. The van der Waals surface area contributed by atoms with E-state index in [-0.39, 0.29) is 12.4 Å². The zero-order valence-corrected chi connectivity index (χ0v) is 11.7. The topological polar surface area (TPSA) is 77.5 Å². The lowest BCUT2D eigenvalue weighted by atomic mass is 10.1. The van der Waals surface area contributed by atoms with E-state index >= 15 is 0 Å². The minimum atomic E-state index is -0.476. The third-order valence-corrected chi connectivity index (χ3v) is 3.16. The first kappa shape index (κ1) is 14.4. The van der Waals surface area contributed by atoms with Gasteiger partial charge in [-0.2, -0.15) is 0 Å². The minimum Gasteiger partial charge on any atom is -0.486 e. The number of hydrogen-bond acceptors (Lipinski definition) is 4. The molecule has 1 heterocycles. The summed E-state index contributed by atoms with van der Waals surface area (Å²) in [6, 6.07) is 8.68. The van der Waals surface area contributed by atoms with Gasteiger partial charge in [0, 0.05) is 5.02 Å². The van der Waals surface area contributed by atoms with Crippen LogP contribution in [0.25, 0.3) is 0 Å². The highest BCUT2D eigenvalue weighted by Gasteiger charge is 2.10. The number of nitrogens with one attached hydrogen (secondary N) is 1. The molecule has 0 radical (unpaired) electrons. The Balaban J connectivity index is 2.01. The summed E-state index contributed by atoms with van der Waals surface area (Å²) in [5, 5.41) is 0.722. The van der Waals surface area contributed by atoms with Crippen LogP contribution >= 0.6 is 11.6 Å². The fourth-order valence-corrected chi connectivity index (χ4v) is 1.97. The highest BCUT2D eigenvalue weighted by Crippen LogP contribution is 2.23. The van der Waals surface area contributed by atoms with E-state index in [4.69, 9.17) is 26.6 Å². The van der Waals surface area contributed by atoms with Crippen LogP contribution in [0, 0.1) is 0 Å². The van der Waals surface area contributed by atoms with Crippen LogP contribution in [-0.2, 0) is 13.0 Å². The number of nitrogen functional groups attached to an aromatic ring is 1. The molecule has 106 valence electrons. The molecule has 3 N–H and O–H groups in total.